The predicted molar refractivity (Wildman–Crippen MR) is 164 cm³/mol. The second-order valence-electron chi connectivity index (χ2n) is 12.9. The fourth-order valence-electron chi connectivity index (χ4n) is 6.82. The van der Waals surface area contributed by atoms with Crippen molar-refractivity contribution in [2.24, 2.45) is 5.92 Å². The van der Waals surface area contributed by atoms with Crippen LogP contribution in [0.2, 0.25) is 0 Å². The molecule has 3 aliphatic rings. The van der Waals surface area contributed by atoms with Crippen LogP contribution < -0.4 is 9.64 Å². The van der Waals surface area contributed by atoms with E-state index < -0.39 is 65.3 Å². The molecule has 0 radical (unpaired) electrons. The van der Waals surface area contributed by atoms with Gasteiger partial charge in [0.05, 0.1) is 55.5 Å². The van der Waals surface area contributed by atoms with E-state index in [1.807, 2.05) is 12.1 Å². The number of carbonyl (C=O) groups excluding carboxylic acids is 1. The van der Waals surface area contributed by atoms with Gasteiger partial charge in [0.15, 0.2) is 0 Å². The third-order valence-electron chi connectivity index (χ3n) is 9.69. The van der Waals surface area contributed by atoms with Crippen molar-refractivity contribution in [3.8, 4) is 16.9 Å². The first-order valence-corrected chi connectivity index (χ1v) is 16.0. The zero-order valence-corrected chi connectivity index (χ0v) is 26.9. The molecule has 2 aromatic carbocycles. The minimum absolute atomic E-state index is 0.00841. The summed E-state index contributed by atoms with van der Waals surface area (Å²) in [5, 5.41) is 9.43. The number of aliphatic carboxylic acids is 1. The van der Waals surface area contributed by atoms with Crippen LogP contribution in [0.4, 0.5) is 41.5 Å². The van der Waals surface area contributed by atoms with Crippen LogP contribution in [-0.4, -0.2) is 64.4 Å². The average molecular weight is 711 g/mol. The number of carboxylic acid groups (broad SMARTS) is 1. The number of nitrogens with zero attached hydrogens (tertiary/aromatic N) is 4. The van der Waals surface area contributed by atoms with Crippen molar-refractivity contribution < 1.29 is 54.9 Å². The smallest absolute Gasteiger partial charge is 0.416 e. The number of ether oxygens (including phenoxy) is 2. The number of carbonyl (C=O) groups is 2. The third-order valence-corrected chi connectivity index (χ3v) is 9.69. The number of halogens is 7. The van der Waals surface area contributed by atoms with Gasteiger partial charge in [-0.25, -0.2) is 19.2 Å². The average Bonchev–Trinajstić information content (AvgIpc) is 3.34. The van der Waals surface area contributed by atoms with Crippen LogP contribution >= 0.6 is 0 Å². The van der Waals surface area contributed by atoms with Gasteiger partial charge in [0.25, 0.3) is 0 Å². The molecule has 0 bridgehead atoms. The van der Waals surface area contributed by atoms with Gasteiger partial charge in [-0.3, -0.25) is 9.69 Å². The summed E-state index contributed by atoms with van der Waals surface area (Å²) in [7, 11) is 1.46. The maximum Gasteiger partial charge on any atom is 0.416 e. The Morgan fingerprint density at radius 3 is 2.16 bits per heavy atom. The molecule has 6 rings (SSSR count). The number of carboxylic acids is 1. The summed E-state index contributed by atoms with van der Waals surface area (Å²) >= 11 is 0. The van der Waals surface area contributed by atoms with Crippen molar-refractivity contribution in [1.82, 2.24) is 14.9 Å². The topological polar surface area (TPSA) is 105 Å². The van der Waals surface area contributed by atoms with Crippen LogP contribution in [0, 0.1) is 5.92 Å². The molecule has 1 saturated carbocycles. The maximum absolute atomic E-state index is 13.8. The number of methoxy groups -OCH3 is 1. The van der Waals surface area contributed by atoms with Crippen molar-refractivity contribution in [1.29, 1.82) is 0 Å². The predicted octanol–water partition coefficient (Wildman–Crippen LogP) is 7.79. The first kappa shape index (κ1) is 35.2. The number of amides is 1. The molecule has 50 heavy (non-hydrogen) atoms. The van der Waals surface area contributed by atoms with Crippen molar-refractivity contribution >= 4 is 18.0 Å². The van der Waals surface area contributed by atoms with Crippen LogP contribution in [-0.2, 0) is 28.4 Å². The zero-order chi connectivity index (χ0) is 36.1. The fourth-order valence-corrected chi connectivity index (χ4v) is 6.82. The number of cyclic esters (lactones) is 1. The number of anilines is 1. The van der Waals surface area contributed by atoms with Gasteiger partial charge in [-0.1, -0.05) is 6.07 Å². The van der Waals surface area contributed by atoms with Crippen LogP contribution in [0.15, 0.2) is 42.6 Å². The molecule has 1 aromatic heterocycles. The summed E-state index contributed by atoms with van der Waals surface area (Å²) in [5.41, 5.74) is -1.39. The lowest BCUT2D eigenvalue weighted by molar-refractivity contribution is -0.144. The van der Waals surface area contributed by atoms with Gasteiger partial charge in [-0.05, 0) is 80.0 Å². The van der Waals surface area contributed by atoms with Gasteiger partial charge in [0.2, 0.25) is 5.95 Å². The molecular formula is C34H33F7N4O5. The molecule has 16 heteroatoms. The van der Waals surface area contributed by atoms with Crippen LogP contribution in [0.5, 0.6) is 5.75 Å². The first-order valence-electron chi connectivity index (χ1n) is 16.0. The van der Waals surface area contributed by atoms with Gasteiger partial charge in [-0.15, -0.1) is 0 Å². The number of alkyl halides is 7. The van der Waals surface area contributed by atoms with Gasteiger partial charge in [-0.2, -0.15) is 26.3 Å². The molecule has 1 amide bonds. The van der Waals surface area contributed by atoms with E-state index in [0.29, 0.717) is 54.7 Å². The van der Waals surface area contributed by atoms with E-state index in [1.165, 1.54) is 20.2 Å². The number of benzene rings is 2. The van der Waals surface area contributed by atoms with Crippen molar-refractivity contribution in [2.45, 2.75) is 75.7 Å². The summed E-state index contributed by atoms with van der Waals surface area (Å²) in [4.78, 5) is 36.6. The molecule has 9 nitrogen and oxygen atoms in total. The van der Waals surface area contributed by atoms with Gasteiger partial charge in [0, 0.05) is 17.3 Å². The largest absolute Gasteiger partial charge is 0.496 e. The summed E-state index contributed by atoms with van der Waals surface area (Å²) in [6.07, 6.45) is -9.90. The third kappa shape index (κ3) is 7.01. The van der Waals surface area contributed by atoms with E-state index in [9.17, 15) is 45.4 Å². The van der Waals surface area contributed by atoms with E-state index in [0.717, 1.165) is 10.5 Å². The Bertz CT molecular complexity index is 1740. The lowest BCUT2D eigenvalue weighted by atomic mass is 9.78. The number of aromatic nitrogens is 2. The molecular weight excluding hydrogens is 677 g/mol. The minimum atomic E-state index is -5.09. The molecule has 0 spiro atoms. The molecule has 2 atom stereocenters. The quantitative estimate of drug-likeness (QED) is 0.237. The van der Waals surface area contributed by atoms with E-state index in [1.54, 1.807) is 11.0 Å². The highest BCUT2D eigenvalue weighted by Crippen LogP contribution is 2.43. The van der Waals surface area contributed by atoms with Crippen molar-refractivity contribution in [3.05, 3.63) is 70.5 Å². The molecule has 268 valence electrons. The van der Waals surface area contributed by atoms with E-state index in [-0.39, 0.29) is 43.3 Å². The van der Waals surface area contributed by atoms with Crippen LogP contribution in [0.1, 0.15) is 72.6 Å². The van der Waals surface area contributed by atoms with Gasteiger partial charge in [0.1, 0.15) is 18.0 Å². The summed E-state index contributed by atoms with van der Waals surface area (Å²) in [5.74, 6) is -0.581. The van der Waals surface area contributed by atoms with Crippen molar-refractivity contribution in [2.75, 3.05) is 25.1 Å². The molecule has 3 fully saturated rings. The molecule has 1 N–H and O–H groups in total. The van der Waals surface area contributed by atoms with Crippen LogP contribution in [0.25, 0.3) is 11.1 Å². The van der Waals surface area contributed by atoms with Gasteiger partial charge < -0.3 is 19.5 Å². The van der Waals surface area contributed by atoms with E-state index in [4.69, 9.17) is 9.47 Å². The Morgan fingerprint density at radius 2 is 1.60 bits per heavy atom. The zero-order valence-electron chi connectivity index (χ0n) is 26.9. The van der Waals surface area contributed by atoms with E-state index >= 15 is 0 Å². The second-order valence-corrected chi connectivity index (χ2v) is 12.9. The first-order chi connectivity index (χ1) is 23.5. The number of hydrogen-bond donors (Lipinski definition) is 1. The monoisotopic (exact) mass is 710 g/mol. The van der Waals surface area contributed by atoms with Crippen LogP contribution in [0.3, 0.4) is 0 Å². The normalized spacial score (nSPS) is 23.1. The van der Waals surface area contributed by atoms with Crippen molar-refractivity contribution in [3.63, 3.8) is 0 Å². The maximum atomic E-state index is 13.8. The fraction of sp³-hybridized carbons (Fsp3) is 0.471. The lowest BCUT2D eigenvalue weighted by Gasteiger charge is -2.34. The number of rotatable bonds is 8. The Labute approximate surface area is 282 Å². The highest BCUT2D eigenvalue weighted by Gasteiger charge is 2.44. The van der Waals surface area contributed by atoms with E-state index in [2.05, 4.69) is 9.97 Å². The Kier molecular flexibility index (Phi) is 9.33. The SMILES string of the molecule is COc1ccc(C2CCC(C(=O)O)CC2)cc1-c1cnc(N2CC(F)C2)nc1CN1C(=O)O[C@H](c2cc(C(F)(F)F)cc(C(F)(F)F)c2)[C@@H]1C. The molecule has 1 aliphatic carbocycles. The summed E-state index contributed by atoms with van der Waals surface area (Å²) in [6, 6.07) is 5.58. The number of hydrogen-bond acceptors (Lipinski definition) is 7. The molecule has 2 aliphatic heterocycles. The Morgan fingerprint density at radius 1 is 0.960 bits per heavy atom. The van der Waals surface area contributed by atoms with Gasteiger partial charge >= 0.3 is 24.4 Å². The highest BCUT2D eigenvalue weighted by molar-refractivity contribution is 5.75. The summed E-state index contributed by atoms with van der Waals surface area (Å²) < 4.78 is 107. The molecule has 3 heterocycles. The lowest BCUT2D eigenvalue weighted by Crippen LogP contribution is -2.49. The minimum Gasteiger partial charge on any atom is -0.496 e. The standard InChI is InChI=1S/C34H33F7N4O5/c1-17-29(21-9-22(33(36,37)38)12-23(10-21)34(39,40)41)50-32(48)45(17)16-27-26(13-42-31(43-27)44-14-24(35)15-44)25-11-20(7-8-28(25)49-2)18-3-5-19(6-4-18)30(46)47/h7-13,17-19,24,29H,3-6,14-16H2,1-2H3,(H,46,47)/t17-,18?,19?,29-/m0/s1. The Balaban J connectivity index is 1.36. The second kappa shape index (κ2) is 13.2. The molecule has 2 saturated heterocycles. The Hall–Kier alpha value is -4.63. The summed E-state index contributed by atoms with van der Waals surface area (Å²) in [6.45, 7) is 1.24. The molecule has 0 unspecified atom stereocenters. The highest BCUT2D eigenvalue weighted by atomic mass is 19.4. The molecule has 3 aromatic rings.